The van der Waals surface area contributed by atoms with E-state index >= 15 is 0 Å². The van der Waals surface area contributed by atoms with E-state index in [1.807, 2.05) is 6.07 Å². The summed E-state index contributed by atoms with van der Waals surface area (Å²) in [6.45, 7) is -0.0782. The maximum Gasteiger partial charge on any atom is 0.351 e. The molecule has 0 radical (unpaired) electrons. The molecule has 3 rings (SSSR count). The lowest BCUT2D eigenvalue weighted by atomic mass is 10.2. The maximum absolute atomic E-state index is 12.5. The zero-order chi connectivity index (χ0) is 17.2. The molecule has 1 unspecified atom stereocenters. The Kier molecular flexibility index (Phi) is 4.42. The topological polar surface area (TPSA) is 87.0 Å². The van der Waals surface area contributed by atoms with E-state index in [4.69, 9.17) is 0 Å². The lowest BCUT2D eigenvalue weighted by Crippen LogP contribution is -2.39. The molecule has 1 aliphatic heterocycles. The van der Waals surface area contributed by atoms with Gasteiger partial charge in [-0.3, -0.25) is 9.36 Å². The molecular formula is C17H15N2O4P. The second-order valence-electron chi connectivity index (χ2n) is 5.40. The Bertz CT molecular complexity index is 849. The van der Waals surface area contributed by atoms with Crippen molar-refractivity contribution < 1.29 is 19.0 Å². The Hall–Kier alpha value is -2.56. The van der Waals surface area contributed by atoms with Crippen molar-refractivity contribution >= 4 is 24.5 Å². The van der Waals surface area contributed by atoms with E-state index in [2.05, 4.69) is 4.99 Å². The number of carbonyl (C=O) groups is 2. The Labute approximate surface area is 138 Å². The van der Waals surface area contributed by atoms with Gasteiger partial charge in [-0.1, -0.05) is 60.7 Å². The van der Waals surface area contributed by atoms with E-state index in [9.17, 15) is 19.0 Å². The summed E-state index contributed by atoms with van der Waals surface area (Å²) in [5.41, 5.74) is 0.0360. The first-order valence-electron chi connectivity index (χ1n) is 7.33. The number of nitrogens with zero attached hydrogens (tertiary/aromatic N) is 2. The molecule has 1 heterocycles. The van der Waals surface area contributed by atoms with Crippen molar-refractivity contribution in [3.8, 4) is 0 Å². The maximum atomic E-state index is 12.5. The van der Waals surface area contributed by atoms with Crippen molar-refractivity contribution in [1.29, 1.82) is 0 Å². The highest BCUT2D eigenvalue weighted by atomic mass is 31.2. The minimum absolute atomic E-state index is 0.00866. The Morgan fingerprint density at radius 1 is 0.917 bits per heavy atom. The summed E-state index contributed by atoms with van der Waals surface area (Å²) in [6.07, 6.45) is -0.00866. The fraction of sp³-hybridized carbons (Fsp3) is 0.118. The van der Waals surface area contributed by atoms with Crippen LogP contribution in [-0.4, -0.2) is 26.9 Å². The molecule has 1 atom stereocenters. The molecule has 0 fully saturated rings. The quantitative estimate of drug-likeness (QED) is 0.859. The van der Waals surface area contributed by atoms with Gasteiger partial charge in [0.2, 0.25) is 0 Å². The van der Waals surface area contributed by atoms with E-state index < -0.39 is 19.0 Å². The molecule has 0 saturated heterocycles. The zero-order valence-corrected chi connectivity index (χ0v) is 13.6. The van der Waals surface area contributed by atoms with Gasteiger partial charge in [0.25, 0.3) is 0 Å². The highest BCUT2D eigenvalue weighted by molar-refractivity contribution is 7.90. The molecule has 0 bridgehead atoms. The molecule has 1 N–H and O–H groups in total. The van der Waals surface area contributed by atoms with Crippen LogP contribution in [0.15, 0.2) is 65.7 Å². The first-order valence-corrected chi connectivity index (χ1v) is 8.99. The summed E-state index contributed by atoms with van der Waals surface area (Å²) >= 11 is 0. The monoisotopic (exact) mass is 342 g/mol. The molecule has 3 amide bonds. The third kappa shape index (κ3) is 3.20. The Morgan fingerprint density at radius 2 is 1.46 bits per heavy atom. The third-order valence-electron chi connectivity index (χ3n) is 3.68. The minimum Gasteiger partial charge on any atom is -0.334 e. The normalized spacial score (nSPS) is 20.9. The van der Waals surface area contributed by atoms with Crippen molar-refractivity contribution in [3.63, 3.8) is 0 Å². The number of benzene rings is 2. The highest BCUT2D eigenvalue weighted by Crippen LogP contribution is 2.49. The van der Waals surface area contributed by atoms with Gasteiger partial charge >= 0.3 is 19.0 Å². The predicted octanol–water partition coefficient (Wildman–Crippen LogP) is 3.65. The average Bonchev–Trinajstić information content (AvgIpc) is 2.59. The number of imide groups is 1. The van der Waals surface area contributed by atoms with Crippen LogP contribution >= 0.6 is 7.37 Å². The van der Waals surface area contributed by atoms with Gasteiger partial charge in [0.1, 0.15) is 5.45 Å². The van der Waals surface area contributed by atoms with Gasteiger partial charge in [0.15, 0.2) is 0 Å². The lowest BCUT2D eigenvalue weighted by molar-refractivity contribution is 0.200. The molecule has 1 aliphatic rings. The molecule has 0 spiro atoms. The van der Waals surface area contributed by atoms with Gasteiger partial charge in [-0.2, -0.15) is 4.99 Å². The first kappa shape index (κ1) is 16.3. The van der Waals surface area contributed by atoms with Crippen LogP contribution in [0.3, 0.4) is 0 Å². The molecule has 0 aliphatic carbocycles. The third-order valence-corrected chi connectivity index (χ3v) is 5.40. The van der Waals surface area contributed by atoms with E-state index in [1.165, 1.54) is 0 Å². The second kappa shape index (κ2) is 6.51. The Morgan fingerprint density at radius 3 is 2.04 bits per heavy atom. The number of hydrogen-bond acceptors (Lipinski definition) is 3. The zero-order valence-electron chi connectivity index (χ0n) is 12.7. The number of carbonyl (C=O) groups excluding carboxylic acids is 2. The average molecular weight is 342 g/mol. The van der Waals surface area contributed by atoms with Gasteiger partial charge in [-0.05, 0) is 11.1 Å². The van der Waals surface area contributed by atoms with Gasteiger partial charge in [0.05, 0.1) is 6.54 Å². The van der Waals surface area contributed by atoms with Crippen molar-refractivity contribution in [1.82, 2.24) is 4.90 Å². The number of rotatable bonds is 4. The molecule has 24 heavy (non-hydrogen) atoms. The summed E-state index contributed by atoms with van der Waals surface area (Å²) in [4.78, 5) is 39.2. The molecule has 7 heteroatoms. The molecule has 2 aromatic carbocycles. The fourth-order valence-corrected chi connectivity index (χ4v) is 3.74. The lowest BCUT2D eigenvalue weighted by Gasteiger charge is -2.26. The second-order valence-corrected chi connectivity index (χ2v) is 7.45. The van der Waals surface area contributed by atoms with Gasteiger partial charge in [-0.15, -0.1) is 0 Å². The van der Waals surface area contributed by atoms with Crippen molar-refractivity contribution in [2.75, 3.05) is 0 Å². The van der Waals surface area contributed by atoms with Gasteiger partial charge < -0.3 is 4.89 Å². The van der Waals surface area contributed by atoms with Crippen LogP contribution in [0.25, 0.3) is 0 Å². The van der Waals surface area contributed by atoms with E-state index in [1.54, 1.807) is 54.6 Å². The van der Waals surface area contributed by atoms with Crippen molar-refractivity contribution in [3.05, 3.63) is 71.8 Å². The standard InChI is InChI=1S/C17H15N2O4P/c20-16-18-15(11-13-7-3-1-4-8-13)24(22,23)17(21)19(16)12-14-9-5-2-6-10-14/h1-10H,11-12H2,(H,22,23). The fourth-order valence-electron chi connectivity index (χ4n) is 2.42. The summed E-state index contributed by atoms with van der Waals surface area (Å²) in [6, 6.07) is 16.8. The van der Waals surface area contributed by atoms with Crippen LogP contribution in [0.4, 0.5) is 9.59 Å². The molecule has 6 nitrogen and oxygen atoms in total. The van der Waals surface area contributed by atoms with Gasteiger partial charge in [-0.25, -0.2) is 9.69 Å². The SMILES string of the molecule is O=C1N=C(Cc2ccccc2)P(=O)(O)C(=O)N1Cc1ccccc1. The smallest absolute Gasteiger partial charge is 0.334 e. The summed E-state index contributed by atoms with van der Waals surface area (Å²) in [5, 5.41) is 0. The van der Waals surface area contributed by atoms with Gasteiger partial charge in [0, 0.05) is 6.42 Å². The van der Waals surface area contributed by atoms with Crippen LogP contribution < -0.4 is 0 Å². The van der Waals surface area contributed by atoms with Crippen LogP contribution in [0.2, 0.25) is 0 Å². The van der Waals surface area contributed by atoms with Crippen molar-refractivity contribution in [2.24, 2.45) is 4.99 Å². The summed E-state index contributed by atoms with van der Waals surface area (Å²) < 4.78 is 12.5. The number of amides is 3. The number of urea groups is 1. The largest absolute Gasteiger partial charge is 0.351 e. The predicted molar refractivity (Wildman–Crippen MR) is 90.2 cm³/mol. The summed E-state index contributed by atoms with van der Waals surface area (Å²) in [7, 11) is -4.37. The Balaban J connectivity index is 1.89. The van der Waals surface area contributed by atoms with Crippen LogP contribution in [0, 0.1) is 0 Å². The molecule has 0 saturated carbocycles. The first-order chi connectivity index (χ1) is 11.5. The molecule has 122 valence electrons. The van der Waals surface area contributed by atoms with Crippen LogP contribution in [0.1, 0.15) is 11.1 Å². The minimum atomic E-state index is -4.37. The number of aliphatic imine (C=N–C) groups is 1. The van der Waals surface area contributed by atoms with Crippen LogP contribution in [0.5, 0.6) is 0 Å². The van der Waals surface area contributed by atoms with Crippen molar-refractivity contribution in [2.45, 2.75) is 13.0 Å². The summed E-state index contributed by atoms with van der Waals surface area (Å²) in [5.74, 6) is 0. The molecule has 0 aromatic heterocycles. The van der Waals surface area contributed by atoms with E-state index in [0.717, 1.165) is 4.90 Å². The van der Waals surface area contributed by atoms with E-state index in [0.29, 0.717) is 11.1 Å². The molecular weight excluding hydrogens is 327 g/mol. The molecule has 2 aromatic rings. The number of hydrogen-bond donors (Lipinski definition) is 1. The van der Waals surface area contributed by atoms with Crippen LogP contribution in [-0.2, 0) is 17.5 Å². The van der Waals surface area contributed by atoms with E-state index in [-0.39, 0.29) is 18.4 Å². The highest BCUT2D eigenvalue weighted by Gasteiger charge is 2.45.